The summed E-state index contributed by atoms with van der Waals surface area (Å²) >= 11 is 6.27. The third-order valence-electron chi connectivity index (χ3n) is 4.43. The van der Waals surface area contributed by atoms with E-state index in [1.807, 2.05) is 27.7 Å². The van der Waals surface area contributed by atoms with Crippen LogP contribution in [0.5, 0.6) is 0 Å². The van der Waals surface area contributed by atoms with Crippen molar-refractivity contribution in [3.63, 3.8) is 0 Å². The molecule has 7 heteroatoms. The van der Waals surface area contributed by atoms with E-state index in [9.17, 15) is 4.79 Å². The number of ether oxygens (including phenoxy) is 1. The van der Waals surface area contributed by atoms with Gasteiger partial charge < -0.3 is 14.0 Å². The summed E-state index contributed by atoms with van der Waals surface area (Å²) in [6.45, 7) is 9.96. The van der Waals surface area contributed by atoms with E-state index in [0.29, 0.717) is 17.3 Å². The van der Waals surface area contributed by atoms with E-state index in [-0.39, 0.29) is 12.4 Å². The molecule has 1 fully saturated rings. The predicted molar refractivity (Wildman–Crippen MR) is 89.3 cm³/mol. The first-order valence-electron chi connectivity index (χ1n) is 7.79. The number of rotatable bonds is 5. The number of aromatic nitrogens is 1. The van der Waals surface area contributed by atoms with Crippen LogP contribution in [0, 0.1) is 0 Å². The smallest absolute Gasteiger partial charge is 0.466 e. The average molecular weight is 340 g/mol. The van der Waals surface area contributed by atoms with Gasteiger partial charge in [0.1, 0.15) is 0 Å². The van der Waals surface area contributed by atoms with Crippen LogP contribution in [0.25, 0.3) is 0 Å². The van der Waals surface area contributed by atoms with Crippen LogP contribution >= 0.6 is 11.6 Å². The van der Waals surface area contributed by atoms with Gasteiger partial charge in [-0.15, -0.1) is 0 Å². The first-order valence-corrected chi connectivity index (χ1v) is 8.17. The second-order valence-electron chi connectivity index (χ2n) is 6.61. The fourth-order valence-corrected chi connectivity index (χ4v) is 2.71. The quantitative estimate of drug-likeness (QED) is 0.608. The maximum Gasteiger partial charge on any atom is 0.468 e. The highest BCUT2D eigenvalue weighted by Crippen LogP contribution is 2.42. The first kappa shape index (κ1) is 18.2. The van der Waals surface area contributed by atoms with Gasteiger partial charge in [0.25, 0.3) is 0 Å². The summed E-state index contributed by atoms with van der Waals surface area (Å²) in [5.74, 6) is -0.752. The molecule has 0 aromatic carbocycles. The summed E-state index contributed by atoms with van der Waals surface area (Å²) < 4.78 is 17.2. The lowest BCUT2D eigenvalue weighted by atomic mass is 9.68. The van der Waals surface area contributed by atoms with Crippen molar-refractivity contribution in [3.05, 3.63) is 29.0 Å². The minimum Gasteiger partial charge on any atom is -0.466 e. The van der Waals surface area contributed by atoms with E-state index < -0.39 is 24.1 Å². The summed E-state index contributed by atoms with van der Waals surface area (Å²) in [5.41, 5.74) is -0.404. The topological polar surface area (TPSA) is 57.7 Å². The minimum absolute atomic E-state index is 0.0986. The molecule has 1 saturated heterocycles. The third-order valence-corrected chi connectivity index (χ3v) is 4.75. The van der Waals surface area contributed by atoms with E-state index in [0.717, 1.165) is 0 Å². The number of esters is 1. The van der Waals surface area contributed by atoms with Crippen LogP contribution in [0.1, 0.15) is 52.6 Å². The van der Waals surface area contributed by atoms with Gasteiger partial charge in [0.05, 0.1) is 34.9 Å². The van der Waals surface area contributed by atoms with Crippen molar-refractivity contribution in [2.45, 2.75) is 58.1 Å². The number of halogens is 1. The summed E-state index contributed by atoms with van der Waals surface area (Å²) in [6.07, 6.45) is 1.74. The Morgan fingerprint density at radius 3 is 2.48 bits per heavy atom. The average Bonchev–Trinajstić information content (AvgIpc) is 2.66. The molecule has 0 radical (unpaired) electrons. The summed E-state index contributed by atoms with van der Waals surface area (Å²) in [6, 6.07) is 3.49. The van der Waals surface area contributed by atoms with Crippen LogP contribution < -0.4 is 0 Å². The molecule has 23 heavy (non-hydrogen) atoms. The Bertz CT molecular complexity index is 563. The number of pyridine rings is 1. The minimum atomic E-state index is -0.614. The molecule has 1 atom stereocenters. The van der Waals surface area contributed by atoms with E-state index in [1.165, 1.54) is 0 Å². The van der Waals surface area contributed by atoms with Gasteiger partial charge in [0, 0.05) is 12.0 Å². The number of nitrogens with zero attached hydrogens (tertiary/aromatic N) is 1. The molecular formula is C16H23BClNO4. The van der Waals surface area contributed by atoms with Crippen LogP contribution in [0.2, 0.25) is 5.02 Å². The summed E-state index contributed by atoms with van der Waals surface area (Å²) in [5, 5.41) is 0.483. The normalized spacial score (nSPS) is 20.3. The van der Waals surface area contributed by atoms with Gasteiger partial charge in [-0.25, -0.2) is 0 Å². The van der Waals surface area contributed by atoms with Crippen molar-refractivity contribution in [2.24, 2.45) is 0 Å². The molecule has 0 amide bonds. The van der Waals surface area contributed by atoms with Crippen molar-refractivity contribution < 1.29 is 18.8 Å². The lowest BCUT2D eigenvalue weighted by molar-refractivity contribution is -0.143. The Hall–Kier alpha value is -1.11. The monoisotopic (exact) mass is 339 g/mol. The van der Waals surface area contributed by atoms with Crippen LogP contribution in [-0.4, -0.2) is 35.9 Å². The summed E-state index contributed by atoms with van der Waals surface area (Å²) in [4.78, 5) is 16.3. The molecule has 0 bridgehead atoms. The second-order valence-corrected chi connectivity index (χ2v) is 7.02. The molecule has 2 rings (SSSR count). The Morgan fingerprint density at radius 1 is 1.35 bits per heavy atom. The van der Waals surface area contributed by atoms with Crippen molar-refractivity contribution >= 4 is 24.7 Å². The molecule has 1 aliphatic rings. The number of hydrogen-bond donors (Lipinski definition) is 0. The Morgan fingerprint density at radius 2 is 1.96 bits per heavy atom. The van der Waals surface area contributed by atoms with Crippen LogP contribution in [0.3, 0.4) is 0 Å². The van der Waals surface area contributed by atoms with Crippen LogP contribution in [0.15, 0.2) is 18.3 Å². The largest absolute Gasteiger partial charge is 0.468 e. The van der Waals surface area contributed by atoms with Gasteiger partial charge >= 0.3 is 13.1 Å². The zero-order valence-corrected chi connectivity index (χ0v) is 15.0. The van der Waals surface area contributed by atoms with Crippen molar-refractivity contribution in [2.75, 3.05) is 6.61 Å². The highest BCUT2D eigenvalue weighted by atomic mass is 35.5. The zero-order valence-electron chi connectivity index (χ0n) is 14.3. The molecule has 2 heterocycles. The molecule has 0 aliphatic carbocycles. The molecular weight excluding hydrogens is 316 g/mol. The Labute approximate surface area is 142 Å². The van der Waals surface area contributed by atoms with E-state index in [1.54, 1.807) is 25.3 Å². The van der Waals surface area contributed by atoms with Gasteiger partial charge in [-0.3, -0.25) is 9.78 Å². The maximum absolute atomic E-state index is 12.0. The van der Waals surface area contributed by atoms with Gasteiger partial charge in [0.2, 0.25) is 0 Å². The van der Waals surface area contributed by atoms with Gasteiger partial charge in [-0.05, 0) is 46.8 Å². The molecule has 1 aliphatic heterocycles. The van der Waals surface area contributed by atoms with Crippen LogP contribution in [-0.2, 0) is 18.8 Å². The van der Waals surface area contributed by atoms with E-state index >= 15 is 0 Å². The standard InChI is InChI=1S/C16H23BClNO4/c1-6-21-13(20)10-11(14-12(18)8-7-9-19-14)17-22-15(2,3)16(4,5)23-17/h7-9,11H,6,10H2,1-5H3. The molecule has 126 valence electrons. The lowest BCUT2D eigenvalue weighted by Gasteiger charge is -2.32. The molecule has 1 aromatic heterocycles. The van der Waals surface area contributed by atoms with Gasteiger partial charge in [-0.1, -0.05) is 11.6 Å². The van der Waals surface area contributed by atoms with Crippen molar-refractivity contribution in [1.82, 2.24) is 4.98 Å². The Balaban J connectivity index is 2.32. The molecule has 0 spiro atoms. The predicted octanol–water partition coefficient (Wildman–Crippen LogP) is 3.40. The van der Waals surface area contributed by atoms with Crippen molar-refractivity contribution in [1.29, 1.82) is 0 Å². The molecule has 1 aromatic rings. The SMILES string of the molecule is CCOC(=O)CC(B1OC(C)(C)C(C)(C)O1)c1ncccc1Cl. The van der Waals surface area contributed by atoms with Crippen molar-refractivity contribution in [3.8, 4) is 0 Å². The van der Waals surface area contributed by atoms with Gasteiger partial charge in [0.15, 0.2) is 0 Å². The number of hydrogen-bond acceptors (Lipinski definition) is 5. The number of carbonyl (C=O) groups is 1. The second kappa shape index (κ2) is 6.79. The maximum atomic E-state index is 12.0. The van der Waals surface area contributed by atoms with Gasteiger partial charge in [-0.2, -0.15) is 0 Å². The summed E-state index contributed by atoms with van der Waals surface area (Å²) in [7, 11) is -0.614. The third kappa shape index (κ3) is 3.87. The molecule has 0 saturated carbocycles. The fraction of sp³-hybridized carbons (Fsp3) is 0.625. The Kier molecular flexibility index (Phi) is 5.39. The van der Waals surface area contributed by atoms with Crippen LogP contribution in [0.4, 0.5) is 0 Å². The lowest BCUT2D eigenvalue weighted by Crippen LogP contribution is -2.41. The van der Waals surface area contributed by atoms with E-state index in [2.05, 4.69) is 4.98 Å². The molecule has 0 N–H and O–H groups in total. The zero-order chi connectivity index (χ0) is 17.3. The molecule has 5 nitrogen and oxygen atoms in total. The highest BCUT2D eigenvalue weighted by Gasteiger charge is 2.55. The molecule has 1 unspecified atom stereocenters. The number of carbonyl (C=O) groups excluding carboxylic acids is 1. The fourth-order valence-electron chi connectivity index (χ4n) is 2.44. The first-order chi connectivity index (χ1) is 10.7. The highest BCUT2D eigenvalue weighted by molar-refractivity contribution is 6.48. The van der Waals surface area contributed by atoms with E-state index in [4.69, 9.17) is 25.6 Å².